The van der Waals surface area contributed by atoms with Crippen LogP contribution in [0.2, 0.25) is 0 Å². The molecule has 4 rings (SSSR count). The molecule has 2 aromatic carbocycles. The highest BCUT2D eigenvalue weighted by Gasteiger charge is 2.43. The zero-order valence-electron chi connectivity index (χ0n) is 20.4. The molecule has 0 heterocycles. The van der Waals surface area contributed by atoms with Crippen LogP contribution in [-0.4, -0.2) is 40.8 Å². The van der Waals surface area contributed by atoms with Crippen LogP contribution in [0.3, 0.4) is 0 Å². The van der Waals surface area contributed by atoms with Crippen molar-refractivity contribution in [1.82, 2.24) is 10.6 Å². The Labute approximate surface area is 206 Å². The number of amides is 2. The van der Waals surface area contributed by atoms with E-state index in [4.69, 9.17) is 9.84 Å². The van der Waals surface area contributed by atoms with E-state index in [1.807, 2.05) is 24.3 Å². The molecule has 1 saturated carbocycles. The van der Waals surface area contributed by atoms with Gasteiger partial charge < -0.3 is 20.5 Å². The van der Waals surface area contributed by atoms with E-state index in [2.05, 4.69) is 34.9 Å². The van der Waals surface area contributed by atoms with Gasteiger partial charge in [-0.05, 0) is 55.4 Å². The monoisotopic (exact) mass is 478 g/mol. The molecule has 7 nitrogen and oxygen atoms in total. The molecule has 7 heteroatoms. The van der Waals surface area contributed by atoms with E-state index >= 15 is 0 Å². The molecular formula is C28H34N2O5. The van der Waals surface area contributed by atoms with Crippen LogP contribution >= 0.6 is 0 Å². The number of benzene rings is 2. The van der Waals surface area contributed by atoms with E-state index in [-0.39, 0.29) is 24.9 Å². The Hall–Kier alpha value is -3.35. The quantitative estimate of drug-likeness (QED) is 0.496. The zero-order chi connectivity index (χ0) is 25.1. The summed E-state index contributed by atoms with van der Waals surface area (Å²) in [6.45, 7) is 3.79. The molecule has 2 amide bonds. The number of hydrogen-bond donors (Lipinski definition) is 3. The first-order chi connectivity index (χ1) is 16.7. The number of carbonyl (C=O) groups excluding carboxylic acids is 2. The number of nitrogens with one attached hydrogen (secondary N) is 2. The van der Waals surface area contributed by atoms with Gasteiger partial charge in [0.05, 0.1) is 0 Å². The van der Waals surface area contributed by atoms with Crippen LogP contribution in [0.1, 0.15) is 75.8 Å². The summed E-state index contributed by atoms with van der Waals surface area (Å²) in [7, 11) is 0. The Morgan fingerprint density at radius 3 is 2.11 bits per heavy atom. The van der Waals surface area contributed by atoms with Gasteiger partial charge in [-0.3, -0.25) is 9.59 Å². The molecule has 2 aromatic rings. The van der Waals surface area contributed by atoms with E-state index in [1.54, 1.807) is 13.8 Å². The molecular weight excluding hydrogens is 444 g/mol. The first-order valence-electron chi connectivity index (χ1n) is 12.4. The van der Waals surface area contributed by atoms with Gasteiger partial charge in [-0.15, -0.1) is 0 Å². The summed E-state index contributed by atoms with van der Waals surface area (Å²) < 4.78 is 5.72. The molecule has 0 atom stereocenters. The van der Waals surface area contributed by atoms with Crippen LogP contribution in [0.15, 0.2) is 48.5 Å². The van der Waals surface area contributed by atoms with E-state index in [9.17, 15) is 14.4 Å². The van der Waals surface area contributed by atoms with E-state index < -0.39 is 23.1 Å². The van der Waals surface area contributed by atoms with Gasteiger partial charge in [0.2, 0.25) is 5.91 Å². The third kappa shape index (κ3) is 5.50. The van der Waals surface area contributed by atoms with Crippen molar-refractivity contribution < 1.29 is 24.2 Å². The Kier molecular flexibility index (Phi) is 7.15. The van der Waals surface area contributed by atoms with Gasteiger partial charge in [0.1, 0.15) is 12.1 Å². The summed E-state index contributed by atoms with van der Waals surface area (Å²) >= 11 is 0. The summed E-state index contributed by atoms with van der Waals surface area (Å²) in [5.41, 5.74) is 2.82. The van der Waals surface area contributed by atoms with Gasteiger partial charge >= 0.3 is 12.1 Å². The Bertz CT molecular complexity index is 1060. The van der Waals surface area contributed by atoms with Gasteiger partial charge in [-0.1, -0.05) is 67.8 Å². The fraction of sp³-hybridized carbons (Fsp3) is 0.464. The second-order valence-electron chi connectivity index (χ2n) is 10.3. The van der Waals surface area contributed by atoms with Crippen molar-refractivity contribution in [1.29, 1.82) is 0 Å². The van der Waals surface area contributed by atoms with Crippen LogP contribution in [0.4, 0.5) is 4.79 Å². The lowest BCUT2D eigenvalue weighted by atomic mass is 9.80. The predicted octanol–water partition coefficient (Wildman–Crippen LogP) is 4.99. The molecule has 2 aliphatic carbocycles. The highest BCUT2D eigenvalue weighted by molar-refractivity contribution is 5.90. The molecule has 0 aromatic heterocycles. The van der Waals surface area contributed by atoms with Crippen LogP contribution in [0.5, 0.6) is 0 Å². The SMILES string of the molecule is CC(C)(CCC(=O)O)NC(=O)C1(NC(=O)OCC2c3ccccc3-c3ccccc32)CCCCC1. The number of ether oxygens (including phenoxy) is 1. The molecule has 186 valence electrons. The molecule has 0 bridgehead atoms. The normalized spacial score (nSPS) is 16.6. The predicted molar refractivity (Wildman–Crippen MR) is 133 cm³/mol. The van der Waals surface area contributed by atoms with Crippen molar-refractivity contribution in [2.45, 2.75) is 75.8 Å². The molecule has 0 spiro atoms. The summed E-state index contributed by atoms with van der Waals surface area (Å²) in [4.78, 5) is 37.4. The molecule has 2 aliphatic rings. The molecule has 1 fully saturated rings. The van der Waals surface area contributed by atoms with E-state index in [0.717, 1.165) is 41.5 Å². The zero-order valence-corrected chi connectivity index (χ0v) is 20.4. The number of alkyl carbamates (subject to hydrolysis) is 1. The smallest absolute Gasteiger partial charge is 0.408 e. The number of carboxylic acids is 1. The topological polar surface area (TPSA) is 105 Å². The van der Waals surface area contributed by atoms with Crippen molar-refractivity contribution in [3.63, 3.8) is 0 Å². The number of fused-ring (bicyclic) bond motifs is 3. The first-order valence-corrected chi connectivity index (χ1v) is 12.4. The Balaban J connectivity index is 1.44. The standard InChI is InChI=1S/C28H34N2O5/c1-27(2,17-14-24(31)32)29-25(33)28(15-8-3-9-16-28)30-26(34)35-18-23-21-12-6-4-10-19(21)20-11-5-7-13-22(20)23/h4-7,10-13,23H,3,8-9,14-18H2,1-2H3,(H,29,33)(H,30,34)(H,31,32). The molecule has 3 N–H and O–H groups in total. The number of carbonyl (C=O) groups is 3. The van der Waals surface area contributed by atoms with E-state index in [1.165, 1.54) is 0 Å². The fourth-order valence-corrected chi connectivity index (χ4v) is 5.30. The third-order valence-corrected chi connectivity index (χ3v) is 7.24. The third-order valence-electron chi connectivity index (χ3n) is 7.24. The number of aliphatic carboxylic acids is 1. The summed E-state index contributed by atoms with van der Waals surface area (Å²) in [6.07, 6.45) is 3.36. The maximum absolute atomic E-state index is 13.4. The highest BCUT2D eigenvalue weighted by Crippen LogP contribution is 2.44. The van der Waals surface area contributed by atoms with Crippen LogP contribution < -0.4 is 10.6 Å². The minimum atomic E-state index is -1.05. The van der Waals surface area contributed by atoms with E-state index in [0.29, 0.717) is 19.3 Å². The number of rotatable bonds is 8. The van der Waals surface area contributed by atoms with Crippen molar-refractivity contribution >= 4 is 18.0 Å². The van der Waals surface area contributed by atoms with Crippen molar-refractivity contribution in [2.24, 2.45) is 0 Å². The molecule has 0 saturated heterocycles. The van der Waals surface area contributed by atoms with Crippen LogP contribution in [0.25, 0.3) is 11.1 Å². The lowest BCUT2D eigenvalue weighted by molar-refractivity contribution is -0.138. The first kappa shape index (κ1) is 24.8. The largest absolute Gasteiger partial charge is 0.481 e. The molecule has 35 heavy (non-hydrogen) atoms. The number of hydrogen-bond acceptors (Lipinski definition) is 4. The minimum absolute atomic E-state index is 0.0416. The van der Waals surface area contributed by atoms with Gasteiger partial charge in [-0.25, -0.2) is 4.79 Å². The van der Waals surface area contributed by atoms with Crippen molar-refractivity contribution in [2.75, 3.05) is 6.61 Å². The minimum Gasteiger partial charge on any atom is -0.481 e. The summed E-state index contributed by atoms with van der Waals surface area (Å²) in [5, 5.41) is 14.9. The molecule has 0 unspecified atom stereocenters. The molecule has 0 aliphatic heterocycles. The van der Waals surface area contributed by atoms with Gasteiger partial charge in [0, 0.05) is 17.9 Å². The summed E-state index contributed by atoms with van der Waals surface area (Å²) in [6, 6.07) is 16.3. The van der Waals surface area contributed by atoms with Gasteiger partial charge in [0.25, 0.3) is 0 Å². The van der Waals surface area contributed by atoms with Crippen molar-refractivity contribution in [3.05, 3.63) is 59.7 Å². The van der Waals surface area contributed by atoms with Gasteiger partial charge in [-0.2, -0.15) is 0 Å². The average molecular weight is 479 g/mol. The van der Waals surface area contributed by atoms with Crippen LogP contribution in [-0.2, 0) is 14.3 Å². The fourth-order valence-electron chi connectivity index (χ4n) is 5.30. The molecule has 0 radical (unpaired) electrons. The van der Waals surface area contributed by atoms with Crippen molar-refractivity contribution in [3.8, 4) is 11.1 Å². The average Bonchev–Trinajstić information content (AvgIpc) is 3.15. The maximum Gasteiger partial charge on any atom is 0.408 e. The second kappa shape index (κ2) is 10.1. The highest BCUT2D eigenvalue weighted by atomic mass is 16.5. The lowest BCUT2D eigenvalue weighted by Gasteiger charge is -2.39. The Morgan fingerprint density at radius 2 is 1.54 bits per heavy atom. The van der Waals surface area contributed by atoms with Crippen LogP contribution in [0, 0.1) is 0 Å². The number of carboxylic acid groups (broad SMARTS) is 1. The summed E-state index contributed by atoms with van der Waals surface area (Å²) in [5.74, 6) is -1.24. The maximum atomic E-state index is 13.4. The Morgan fingerprint density at radius 1 is 0.971 bits per heavy atom. The lowest BCUT2D eigenvalue weighted by Crippen LogP contribution is -2.63. The van der Waals surface area contributed by atoms with Gasteiger partial charge in [0.15, 0.2) is 0 Å². The second-order valence-corrected chi connectivity index (χ2v) is 10.3.